The Morgan fingerprint density at radius 2 is 2.08 bits per heavy atom. The summed E-state index contributed by atoms with van der Waals surface area (Å²) in [6, 6.07) is 5.85. The van der Waals surface area contributed by atoms with Crippen LogP contribution in [0.5, 0.6) is 11.5 Å². The zero-order chi connectivity index (χ0) is 18.1. The number of amides is 3. The van der Waals surface area contributed by atoms with Crippen molar-refractivity contribution in [2.45, 2.75) is 38.3 Å². The number of carbonyl (C=O) groups is 2. The van der Waals surface area contributed by atoms with Crippen LogP contribution in [0.3, 0.4) is 0 Å². The van der Waals surface area contributed by atoms with Crippen molar-refractivity contribution in [3.63, 3.8) is 0 Å². The molecule has 2 N–H and O–H groups in total. The Morgan fingerprint density at radius 3 is 2.85 bits per heavy atom. The van der Waals surface area contributed by atoms with E-state index in [2.05, 4.69) is 17.4 Å². The number of fused-ring (bicyclic) bond motifs is 1. The molecular formula is C19H26N3O4+. The van der Waals surface area contributed by atoms with Gasteiger partial charge in [0.05, 0.1) is 19.8 Å². The number of nitrogens with one attached hydrogen (secondary N) is 2. The van der Waals surface area contributed by atoms with Crippen molar-refractivity contribution in [2.24, 2.45) is 0 Å². The van der Waals surface area contributed by atoms with Crippen LogP contribution < -0.4 is 19.7 Å². The molecule has 0 radical (unpaired) electrons. The van der Waals surface area contributed by atoms with Gasteiger partial charge >= 0.3 is 6.03 Å². The highest BCUT2D eigenvalue weighted by Crippen LogP contribution is 2.33. The fraction of sp³-hybridized carbons (Fsp3) is 0.579. The lowest BCUT2D eigenvalue weighted by molar-refractivity contribution is -0.932. The number of hydrogen-bond donors (Lipinski definition) is 2. The smallest absolute Gasteiger partial charge is 0.324 e. The predicted molar refractivity (Wildman–Crippen MR) is 94.4 cm³/mol. The Hall–Kier alpha value is -2.28. The molecule has 0 saturated carbocycles. The first-order chi connectivity index (χ1) is 12.6. The van der Waals surface area contributed by atoms with Crippen LogP contribution in [0.2, 0.25) is 0 Å². The molecule has 3 amide bonds. The Labute approximate surface area is 153 Å². The van der Waals surface area contributed by atoms with E-state index in [0.29, 0.717) is 26.3 Å². The van der Waals surface area contributed by atoms with Gasteiger partial charge < -0.3 is 19.7 Å². The van der Waals surface area contributed by atoms with Crippen LogP contribution in [0.1, 0.15) is 37.8 Å². The number of quaternary nitrogens is 1. The van der Waals surface area contributed by atoms with Crippen molar-refractivity contribution in [1.29, 1.82) is 0 Å². The maximum Gasteiger partial charge on any atom is 0.324 e. The van der Waals surface area contributed by atoms with Gasteiger partial charge in [-0.3, -0.25) is 9.69 Å². The van der Waals surface area contributed by atoms with Gasteiger partial charge in [-0.1, -0.05) is 0 Å². The van der Waals surface area contributed by atoms with Crippen molar-refractivity contribution in [1.82, 2.24) is 10.2 Å². The largest absolute Gasteiger partial charge is 0.490 e. The summed E-state index contributed by atoms with van der Waals surface area (Å²) in [7, 11) is 0. The molecule has 1 aromatic carbocycles. The number of benzene rings is 1. The van der Waals surface area contributed by atoms with Crippen LogP contribution in [0, 0.1) is 0 Å². The second kappa shape index (κ2) is 7.15. The standard InChI is InChI=1S/C19H25N3O4/c1-13(18(23)22-9-7-20-19(22)24)21-8-2-4-15(21)14-5-6-16-17(12-14)26-11-3-10-25-16/h5-6,12-13,15H,2-4,7-11H2,1H3,(H,20,24)/p+1/t13-,15-/m1/s1. The SMILES string of the molecule is C[C@H](C(=O)N1CCNC1=O)[NH+]1CCC[C@@H]1c1ccc2c(c1)OCCCO2. The number of nitrogens with zero attached hydrogens (tertiary/aromatic N) is 1. The number of rotatable bonds is 3. The summed E-state index contributed by atoms with van der Waals surface area (Å²) in [5.74, 6) is 1.50. The first kappa shape index (κ1) is 17.1. The zero-order valence-corrected chi connectivity index (χ0v) is 15.1. The number of carbonyl (C=O) groups excluding carboxylic acids is 2. The number of imide groups is 1. The Kier molecular flexibility index (Phi) is 4.72. The Balaban J connectivity index is 1.54. The molecule has 3 heterocycles. The van der Waals surface area contributed by atoms with E-state index in [1.165, 1.54) is 15.4 Å². The van der Waals surface area contributed by atoms with E-state index in [1.807, 2.05) is 13.0 Å². The molecule has 0 spiro atoms. The van der Waals surface area contributed by atoms with Crippen molar-refractivity contribution in [2.75, 3.05) is 32.8 Å². The molecule has 0 aromatic heterocycles. The molecule has 0 bridgehead atoms. The van der Waals surface area contributed by atoms with Crippen LogP contribution in [0.15, 0.2) is 18.2 Å². The Bertz CT molecular complexity index is 708. The minimum atomic E-state index is -0.271. The molecule has 7 nitrogen and oxygen atoms in total. The third-order valence-electron chi connectivity index (χ3n) is 5.63. The minimum Gasteiger partial charge on any atom is -0.490 e. The van der Waals surface area contributed by atoms with Gasteiger partial charge in [0.15, 0.2) is 17.5 Å². The van der Waals surface area contributed by atoms with Gasteiger partial charge in [-0.2, -0.15) is 0 Å². The van der Waals surface area contributed by atoms with E-state index in [-0.39, 0.29) is 24.0 Å². The maximum atomic E-state index is 12.8. The van der Waals surface area contributed by atoms with Gasteiger partial charge in [0.25, 0.3) is 5.91 Å². The molecule has 3 aliphatic rings. The molecule has 0 aliphatic carbocycles. The first-order valence-corrected chi connectivity index (χ1v) is 9.49. The molecule has 7 heteroatoms. The van der Waals surface area contributed by atoms with Gasteiger partial charge in [-0.15, -0.1) is 0 Å². The summed E-state index contributed by atoms with van der Waals surface area (Å²) in [5.41, 5.74) is 1.17. The maximum absolute atomic E-state index is 12.8. The first-order valence-electron chi connectivity index (χ1n) is 9.49. The quantitative estimate of drug-likeness (QED) is 0.824. The highest BCUT2D eigenvalue weighted by molar-refractivity contribution is 5.97. The lowest BCUT2D eigenvalue weighted by Crippen LogP contribution is -3.15. The fourth-order valence-corrected chi connectivity index (χ4v) is 4.24. The van der Waals surface area contributed by atoms with Crippen molar-refractivity contribution >= 4 is 11.9 Å². The molecule has 3 aliphatic heterocycles. The van der Waals surface area contributed by atoms with Crippen LogP contribution >= 0.6 is 0 Å². The molecular weight excluding hydrogens is 334 g/mol. The number of likely N-dealkylation sites (tertiary alicyclic amines) is 1. The van der Waals surface area contributed by atoms with Crippen molar-refractivity contribution in [3.8, 4) is 11.5 Å². The molecule has 1 unspecified atom stereocenters. The number of hydrogen-bond acceptors (Lipinski definition) is 4. The predicted octanol–water partition coefficient (Wildman–Crippen LogP) is 0.508. The highest BCUT2D eigenvalue weighted by atomic mass is 16.5. The highest BCUT2D eigenvalue weighted by Gasteiger charge is 2.41. The summed E-state index contributed by atoms with van der Waals surface area (Å²) in [6.45, 7) is 5.21. The second-order valence-electron chi connectivity index (χ2n) is 7.22. The van der Waals surface area contributed by atoms with Gasteiger partial charge in [0, 0.05) is 37.9 Å². The summed E-state index contributed by atoms with van der Waals surface area (Å²) in [5, 5.41) is 2.71. The number of urea groups is 1. The van der Waals surface area contributed by atoms with E-state index < -0.39 is 0 Å². The molecule has 2 fully saturated rings. The van der Waals surface area contributed by atoms with Crippen LogP contribution in [0.4, 0.5) is 4.79 Å². The molecule has 26 heavy (non-hydrogen) atoms. The molecule has 4 rings (SSSR count). The third kappa shape index (κ3) is 3.11. The molecule has 140 valence electrons. The summed E-state index contributed by atoms with van der Waals surface area (Å²) in [6.07, 6.45) is 2.98. The average Bonchev–Trinajstić information content (AvgIpc) is 3.24. The average molecular weight is 360 g/mol. The van der Waals surface area contributed by atoms with Gasteiger partial charge in [-0.05, 0) is 25.1 Å². The zero-order valence-electron chi connectivity index (χ0n) is 15.1. The third-order valence-corrected chi connectivity index (χ3v) is 5.63. The van der Waals surface area contributed by atoms with E-state index in [4.69, 9.17) is 9.47 Å². The summed E-state index contributed by atoms with van der Waals surface area (Å²) >= 11 is 0. The number of ether oxygens (including phenoxy) is 2. The van der Waals surface area contributed by atoms with Crippen molar-refractivity contribution in [3.05, 3.63) is 23.8 Å². The van der Waals surface area contributed by atoms with E-state index >= 15 is 0 Å². The Morgan fingerprint density at radius 1 is 1.27 bits per heavy atom. The molecule has 1 aromatic rings. The fourth-order valence-electron chi connectivity index (χ4n) is 4.24. The van der Waals surface area contributed by atoms with Gasteiger partial charge in [0.1, 0.15) is 6.04 Å². The van der Waals surface area contributed by atoms with Crippen LogP contribution in [-0.2, 0) is 4.79 Å². The van der Waals surface area contributed by atoms with Gasteiger partial charge in [-0.25, -0.2) is 4.79 Å². The molecule has 2 saturated heterocycles. The van der Waals surface area contributed by atoms with E-state index in [1.54, 1.807) is 0 Å². The van der Waals surface area contributed by atoms with E-state index in [0.717, 1.165) is 37.3 Å². The topological polar surface area (TPSA) is 72.3 Å². The van der Waals surface area contributed by atoms with Crippen molar-refractivity contribution < 1.29 is 24.0 Å². The summed E-state index contributed by atoms with van der Waals surface area (Å²) < 4.78 is 11.5. The lowest BCUT2D eigenvalue weighted by Gasteiger charge is -2.29. The van der Waals surface area contributed by atoms with Crippen LogP contribution in [-0.4, -0.2) is 55.7 Å². The lowest BCUT2D eigenvalue weighted by atomic mass is 10.0. The monoisotopic (exact) mass is 360 g/mol. The normalized spacial score (nSPS) is 26.3. The van der Waals surface area contributed by atoms with Crippen LogP contribution in [0.25, 0.3) is 0 Å². The van der Waals surface area contributed by atoms with E-state index in [9.17, 15) is 9.59 Å². The van der Waals surface area contributed by atoms with Gasteiger partial charge in [0.2, 0.25) is 0 Å². The second-order valence-corrected chi connectivity index (χ2v) is 7.22. The summed E-state index contributed by atoms with van der Waals surface area (Å²) in [4.78, 5) is 27.2. The molecule has 3 atom stereocenters. The minimum absolute atomic E-state index is 0.0868.